The summed E-state index contributed by atoms with van der Waals surface area (Å²) in [6, 6.07) is 20.9. The molecule has 0 aromatic heterocycles. The Hall–Kier alpha value is -2.83. The Balaban J connectivity index is 1.57. The van der Waals surface area contributed by atoms with Crippen LogP contribution in [0.4, 0.5) is 15.8 Å². The molecule has 0 heterocycles. The molecule has 0 bridgehead atoms. The van der Waals surface area contributed by atoms with Gasteiger partial charge < -0.3 is 10.6 Å². The zero-order valence-corrected chi connectivity index (χ0v) is 17.8. The predicted molar refractivity (Wildman–Crippen MR) is 121 cm³/mol. The maximum atomic E-state index is 13.3. The molecule has 3 aromatic carbocycles. The summed E-state index contributed by atoms with van der Waals surface area (Å²) in [5.41, 5.74) is 2.03. The van der Waals surface area contributed by atoms with Crippen molar-refractivity contribution in [2.24, 2.45) is 0 Å². The van der Waals surface area contributed by atoms with Crippen LogP contribution in [0.15, 0.2) is 77.7 Å². The van der Waals surface area contributed by atoms with E-state index in [0.717, 1.165) is 10.5 Å². The lowest BCUT2D eigenvalue weighted by Gasteiger charge is -2.13. The Kier molecular flexibility index (Phi) is 7.49. The lowest BCUT2D eigenvalue weighted by molar-refractivity contribution is -0.116. The fourth-order valence-corrected chi connectivity index (χ4v) is 3.82. The number of hydrogen-bond acceptors (Lipinski definition) is 3. The minimum Gasteiger partial charge on any atom is -0.326 e. The Morgan fingerprint density at radius 2 is 1.70 bits per heavy atom. The molecule has 3 aromatic rings. The van der Waals surface area contributed by atoms with Gasteiger partial charge in [-0.2, -0.15) is 0 Å². The van der Waals surface area contributed by atoms with E-state index in [9.17, 15) is 14.0 Å². The molecule has 1 unspecified atom stereocenters. The van der Waals surface area contributed by atoms with Crippen LogP contribution in [0.1, 0.15) is 12.5 Å². The molecule has 1 atom stereocenters. The average molecular weight is 443 g/mol. The number of benzene rings is 3. The van der Waals surface area contributed by atoms with Crippen LogP contribution in [0.2, 0.25) is 5.02 Å². The van der Waals surface area contributed by atoms with Gasteiger partial charge in [-0.25, -0.2) is 4.39 Å². The lowest BCUT2D eigenvalue weighted by Crippen LogP contribution is -2.22. The summed E-state index contributed by atoms with van der Waals surface area (Å²) in [5, 5.41) is 5.14. The molecule has 2 amide bonds. The number of nitrogens with one attached hydrogen (secondary N) is 2. The highest BCUT2D eigenvalue weighted by atomic mass is 35.5. The standard InChI is InChI=1S/C23H20ClFN2O2S/c1-15(23(29)27-18-10-11-21(25)20(24)14-18)30-19-9-5-8-17(13-19)26-22(28)12-16-6-3-2-4-7-16/h2-11,13-15H,12H2,1H3,(H,26,28)(H,27,29). The maximum Gasteiger partial charge on any atom is 0.237 e. The molecule has 0 fully saturated rings. The molecule has 0 spiro atoms. The summed E-state index contributed by atoms with van der Waals surface area (Å²) in [4.78, 5) is 25.5. The van der Waals surface area contributed by atoms with Gasteiger partial charge in [0.15, 0.2) is 0 Å². The highest BCUT2D eigenvalue weighted by Gasteiger charge is 2.16. The quantitative estimate of drug-likeness (QED) is 0.456. The third-order valence-electron chi connectivity index (χ3n) is 4.19. The summed E-state index contributed by atoms with van der Waals surface area (Å²) in [6.07, 6.45) is 0.289. The van der Waals surface area contributed by atoms with E-state index in [2.05, 4.69) is 10.6 Å². The van der Waals surface area contributed by atoms with Gasteiger partial charge in [0.2, 0.25) is 11.8 Å². The molecule has 154 valence electrons. The molecule has 0 radical (unpaired) electrons. The second-order valence-electron chi connectivity index (χ2n) is 6.62. The van der Waals surface area contributed by atoms with Gasteiger partial charge in [0, 0.05) is 16.3 Å². The van der Waals surface area contributed by atoms with Gasteiger partial charge in [-0.15, -0.1) is 11.8 Å². The predicted octanol–water partition coefficient (Wildman–Crippen LogP) is 5.78. The van der Waals surface area contributed by atoms with E-state index >= 15 is 0 Å². The number of halogens is 2. The summed E-state index contributed by atoms with van der Waals surface area (Å²) >= 11 is 7.10. The van der Waals surface area contributed by atoms with Crippen molar-refractivity contribution in [1.82, 2.24) is 0 Å². The summed E-state index contributed by atoms with van der Waals surface area (Å²) < 4.78 is 13.3. The first-order valence-corrected chi connectivity index (χ1v) is 10.5. The van der Waals surface area contributed by atoms with E-state index in [1.807, 2.05) is 48.5 Å². The first kappa shape index (κ1) is 21.9. The zero-order chi connectivity index (χ0) is 21.5. The van der Waals surface area contributed by atoms with Crippen LogP contribution < -0.4 is 10.6 Å². The van der Waals surface area contributed by atoms with E-state index in [4.69, 9.17) is 11.6 Å². The smallest absolute Gasteiger partial charge is 0.237 e. The van der Waals surface area contributed by atoms with Crippen molar-refractivity contribution in [3.8, 4) is 0 Å². The van der Waals surface area contributed by atoms with E-state index in [1.165, 1.54) is 30.0 Å². The minimum atomic E-state index is -0.539. The van der Waals surface area contributed by atoms with Crippen molar-refractivity contribution in [2.75, 3.05) is 10.6 Å². The molecule has 30 heavy (non-hydrogen) atoms. The molecule has 0 aliphatic rings. The van der Waals surface area contributed by atoms with Crippen molar-refractivity contribution < 1.29 is 14.0 Å². The number of amides is 2. The van der Waals surface area contributed by atoms with Crippen LogP contribution in [-0.4, -0.2) is 17.1 Å². The van der Waals surface area contributed by atoms with E-state index < -0.39 is 11.1 Å². The van der Waals surface area contributed by atoms with Crippen LogP contribution in [0.25, 0.3) is 0 Å². The Bertz CT molecular complexity index is 1050. The summed E-state index contributed by atoms with van der Waals surface area (Å²) in [7, 11) is 0. The fourth-order valence-electron chi connectivity index (χ4n) is 2.71. The number of carbonyl (C=O) groups excluding carboxylic acids is 2. The molecular formula is C23H20ClFN2O2S. The number of anilines is 2. The van der Waals surface area contributed by atoms with Crippen molar-refractivity contribution in [1.29, 1.82) is 0 Å². The fraction of sp³-hybridized carbons (Fsp3) is 0.130. The van der Waals surface area contributed by atoms with Crippen LogP contribution in [-0.2, 0) is 16.0 Å². The molecule has 2 N–H and O–H groups in total. The topological polar surface area (TPSA) is 58.2 Å². The Morgan fingerprint density at radius 3 is 2.43 bits per heavy atom. The molecule has 0 aliphatic carbocycles. The van der Waals surface area contributed by atoms with Gasteiger partial charge in [0.05, 0.1) is 16.7 Å². The van der Waals surface area contributed by atoms with Gasteiger partial charge in [0.25, 0.3) is 0 Å². The third-order valence-corrected chi connectivity index (χ3v) is 5.58. The van der Waals surface area contributed by atoms with Crippen LogP contribution in [0, 0.1) is 5.82 Å². The number of thioether (sulfide) groups is 1. The normalized spacial score (nSPS) is 11.6. The van der Waals surface area contributed by atoms with Crippen LogP contribution in [0.5, 0.6) is 0 Å². The monoisotopic (exact) mass is 442 g/mol. The zero-order valence-electron chi connectivity index (χ0n) is 16.2. The van der Waals surface area contributed by atoms with Gasteiger partial charge in [0.1, 0.15) is 5.82 Å². The van der Waals surface area contributed by atoms with Crippen molar-refractivity contribution in [3.05, 3.63) is 89.2 Å². The first-order valence-electron chi connectivity index (χ1n) is 9.27. The Morgan fingerprint density at radius 1 is 0.967 bits per heavy atom. The molecule has 0 saturated heterocycles. The van der Waals surface area contributed by atoms with E-state index in [1.54, 1.807) is 13.0 Å². The summed E-state index contributed by atoms with van der Waals surface area (Å²) in [5.74, 6) is -0.883. The molecule has 7 heteroatoms. The van der Waals surface area contributed by atoms with E-state index in [-0.39, 0.29) is 23.3 Å². The average Bonchev–Trinajstić information content (AvgIpc) is 2.71. The van der Waals surface area contributed by atoms with Crippen LogP contribution in [0.3, 0.4) is 0 Å². The van der Waals surface area contributed by atoms with E-state index in [0.29, 0.717) is 11.4 Å². The molecule has 0 saturated carbocycles. The Labute approximate surface area is 183 Å². The van der Waals surface area contributed by atoms with Crippen LogP contribution >= 0.6 is 23.4 Å². The van der Waals surface area contributed by atoms with Crippen molar-refractivity contribution in [3.63, 3.8) is 0 Å². The van der Waals surface area contributed by atoms with Crippen molar-refractivity contribution >= 4 is 46.6 Å². The van der Waals surface area contributed by atoms with Gasteiger partial charge >= 0.3 is 0 Å². The summed E-state index contributed by atoms with van der Waals surface area (Å²) in [6.45, 7) is 1.77. The SMILES string of the molecule is CC(Sc1cccc(NC(=O)Cc2ccccc2)c1)C(=O)Nc1ccc(F)c(Cl)c1. The molecule has 3 rings (SSSR count). The number of rotatable bonds is 7. The number of carbonyl (C=O) groups is 2. The first-order chi connectivity index (χ1) is 14.4. The van der Waals surface area contributed by atoms with Gasteiger partial charge in [-0.1, -0.05) is 48.0 Å². The highest BCUT2D eigenvalue weighted by Crippen LogP contribution is 2.27. The second-order valence-corrected chi connectivity index (χ2v) is 8.44. The highest BCUT2D eigenvalue weighted by molar-refractivity contribution is 8.00. The second kappa shape index (κ2) is 10.3. The van der Waals surface area contributed by atoms with Gasteiger partial charge in [-0.05, 0) is 48.9 Å². The van der Waals surface area contributed by atoms with Crippen molar-refractivity contribution in [2.45, 2.75) is 23.5 Å². The molecule has 4 nitrogen and oxygen atoms in total. The minimum absolute atomic E-state index is 0.0490. The molecular weight excluding hydrogens is 423 g/mol. The largest absolute Gasteiger partial charge is 0.326 e. The van der Waals surface area contributed by atoms with Gasteiger partial charge in [-0.3, -0.25) is 9.59 Å². The lowest BCUT2D eigenvalue weighted by atomic mass is 10.1. The molecule has 0 aliphatic heterocycles. The maximum absolute atomic E-state index is 13.3. The third kappa shape index (κ3) is 6.34. The number of hydrogen-bond donors (Lipinski definition) is 2.